The molecule has 1 heterocycles. The molecule has 8 heteroatoms. The molecule has 2 aromatic carbocycles. The van der Waals surface area contributed by atoms with E-state index in [9.17, 15) is 9.18 Å². The summed E-state index contributed by atoms with van der Waals surface area (Å²) in [5.41, 5.74) is 2.68. The molecule has 0 atom stereocenters. The van der Waals surface area contributed by atoms with E-state index in [-0.39, 0.29) is 11.7 Å². The number of anilines is 1. The lowest BCUT2D eigenvalue weighted by Crippen LogP contribution is -2.37. The van der Waals surface area contributed by atoms with Gasteiger partial charge in [-0.3, -0.25) is 4.79 Å². The first kappa shape index (κ1) is 25.2. The second-order valence-corrected chi connectivity index (χ2v) is 8.26. The number of hydrogen-bond acceptors (Lipinski definition) is 6. The normalized spacial score (nSPS) is 11.0. The van der Waals surface area contributed by atoms with Crippen molar-refractivity contribution in [2.45, 2.75) is 20.4 Å². The summed E-state index contributed by atoms with van der Waals surface area (Å²) in [6.07, 6.45) is 0. The number of methoxy groups -OCH3 is 1. The smallest absolute Gasteiger partial charge is 0.254 e. The fourth-order valence-corrected chi connectivity index (χ4v) is 3.74. The summed E-state index contributed by atoms with van der Waals surface area (Å²) in [6, 6.07) is 13.3. The average molecular weight is 469 g/mol. The molecule has 1 aromatic heterocycles. The Hall–Kier alpha value is -3.39. The maximum absolute atomic E-state index is 13.6. The second-order valence-electron chi connectivity index (χ2n) is 8.26. The maximum atomic E-state index is 13.6. The Balaban J connectivity index is 2.04. The predicted octanol–water partition coefficient (Wildman–Crippen LogP) is 4.54. The fourth-order valence-electron chi connectivity index (χ4n) is 3.74. The molecule has 0 bridgehead atoms. The van der Waals surface area contributed by atoms with Crippen LogP contribution in [0.1, 0.15) is 29.8 Å². The van der Waals surface area contributed by atoms with E-state index in [1.165, 1.54) is 12.1 Å². The van der Waals surface area contributed by atoms with Crippen LogP contribution in [0.25, 0.3) is 11.3 Å². The first-order valence-corrected chi connectivity index (χ1v) is 11.4. The monoisotopic (exact) mass is 468 g/mol. The topological polar surface area (TPSA) is 62.1 Å². The third-order valence-corrected chi connectivity index (χ3v) is 5.71. The number of aromatic nitrogens is 1. The van der Waals surface area contributed by atoms with Crippen molar-refractivity contribution in [1.29, 1.82) is 0 Å². The summed E-state index contributed by atoms with van der Waals surface area (Å²) >= 11 is 0. The van der Waals surface area contributed by atoms with E-state index in [4.69, 9.17) is 9.26 Å². The highest BCUT2D eigenvalue weighted by molar-refractivity contribution is 5.94. The molecule has 0 fully saturated rings. The minimum atomic E-state index is -0.321. The minimum Gasteiger partial charge on any atom is -0.497 e. The molecule has 0 spiro atoms. The van der Waals surface area contributed by atoms with Crippen molar-refractivity contribution in [3.63, 3.8) is 0 Å². The third-order valence-electron chi connectivity index (χ3n) is 5.71. The molecule has 0 aliphatic rings. The molecule has 34 heavy (non-hydrogen) atoms. The van der Waals surface area contributed by atoms with Crippen molar-refractivity contribution in [3.05, 3.63) is 65.5 Å². The van der Waals surface area contributed by atoms with Gasteiger partial charge in [-0.2, -0.15) is 0 Å². The van der Waals surface area contributed by atoms with Gasteiger partial charge >= 0.3 is 0 Å². The maximum Gasteiger partial charge on any atom is 0.254 e. The molecule has 0 aliphatic heterocycles. The van der Waals surface area contributed by atoms with E-state index >= 15 is 0 Å². The van der Waals surface area contributed by atoms with Crippen LogP contribution in [-0.4, -0.2) is 68.2 Å². The molecule has 0 unspecified atom stereocenters. The zero-order chi connectivity index (χ0) is 24.7. The highest BCUT2D eigenvalue weighted by Gasteiger charge is 2.26. The number of carbonyl (C=O) groups excluding carboxylic acids is 1. The van der Waals surface area contributed by atoms with Crippen molar-refractivity contribution in [2.24, 2.45) is 0 Å². The number of benzene rings is 2. The first-order valence-electron chi connectivity index (χ1n) is 11.4. The number of amides is 1. The molecule has 0 saturated carbocycles. The predicted molar refractivity (Wildman–Crippen MR) is 132 cm³/mol. The fraction of sp³-hybridized carbons (Fsp3) is 0.385. The summed E-state index contributed by atoms with van der Waals surface area (Å²) in [6.45, 7) is 7.03. The Morgan fingerprint density at radius 3 is 2.38 bits per heavy atom. The quantitative estimate of drug-likeness (QED) is 0.412. The largest absolute Gasteiger partial charge is 0.497 e. The lowest BCUT2D eigenvalue weighted by molar-refractivity contribution is 0.0732. The highest BCUT2D eigenvalue weighted by atomic mass is 19.1. The van der Waals surface area contributed by atoms with Crippen LogP contribution in [-0.2, 0) is 6.54 Å². The van der Waals surface area contributed by atoms with Gasteiger partial charge in [0.1, 0.15) is 17.3 Å². The van der Waals surface area contributed by atoms with E-state index in [1.54, 1.807) is 42.3 Å². The van der Waals surface area contributed by atoms with Crippen molar-refractivity contribution in [2.75, 3.05) is 52.3 Å². The van der Waals surface area contributed by atoms with Gasteiger partial charge in [0.25, 0.3) is 5.91 Å². The summed E-state index contributed by atoms with van der Waals surface area (Å²) < 4.78 is 24.7. The van der Waals surface area contributed by atoms with Crippen molar-refractivity contribution in [3.8, 4) is 17.0 Å². The summed E-state index contributed by atoms with van der Waals surface area (Å²) in [7, 11) is 5.52. The van der Waals surface area contributed by atoms with Crippen LogP contribution in [0.15, 0.2) is 53.1 Å². The Morgan fingerprint density at radius 2 is 1.76 bits per heavy atom. The van der Waals surface area contributed by atoms with Gasteiger partial charge in [-0.1, -0.05) is 11.2 Å². The molecule has 0 radical (unpaired) electrons. The van der Waals surface area contributed by atoms with Crippen LogP contribution in [0.5, 0.6) is 5.75 Å². The van der Waals surface area contributed by atoms with Crippen LogP contribution < -0.4 is 9.64 Å². The van der Waals surface area contributed by atoms with E-state index in [0.29, 0.717) is 42.5 Å². The van der Waals surface area contributed by atoms with E-state index in [2.05, 4.69) is 10.1 Å². The zero-order valence-electron chi connectivity index (χ0n) is 20.5. The van der Waals surface area contributed by atoms with Crippen LogP contribution in [0, 0.1) is 5.82 Å². The number of hydrogen-bond donors (Lipinski definition) is 0. The Bertz CT molecular complexity index is 1080. The summed E-state index contributed by atoms with van der Waals surface area (Å²) in [5, 5.41) is 4.33. The van der Waals surface area contributed by atoms with Crippen LogP contribution >= 0.6 is 0 Å². The van der Waals surface area contributed by atoms with Crippen LogP contribution in [0.4, 0.5) is 10.3 Å². The van der Waals surface area contributed by atoms with Crippen molar-refractivity contribution >= 4 is 11.8 Å². The molecular weight excluding hydrogens is 435 g/mol. The van der Waals surface area contributed by atoms with Gasteiger partial charge in [0, 0.05) is 37.3 Å². The molecule has 0 saturated heterocycles. The number of nitrogens with zero attached hydrogens (tertiary/aromatic N) is 4. The van der Waals surface area contributed by atoms with Gasteiger partial charge in [-0.15, -0.1) is 0 Å². The average Bonchev–Trinajstić information content (AvgIpc) is 3.25. The van der Waals surface area contributed by atoms with Gasteiger partial charge in [0.15, 0.2) is 0 Å². The Morgan fingerprint density at radius 1 is 1.06 bits per heavy atom. The molecule has 0 aliphatic carbocycles. The van der Waals surface area contributed by atoms with Gasteiger partial charge in [-0.05, 0) is 70.4 Å². The Labute approximate surface area is 200 Å². The van der Waals surface area contributed by atoms with Crippen LogP contribution in [0.3, 0.4) is 0 Å². The molecule has 7 nitrogen and oxygen atoms in total. The van der Waals surface area contributed by atoms with Gasteiger partial charge < -0.3 is 24.0 Å². The lowest BCUT2D eigenvalue weighted by Gasteiger charge is -2.26. The third kappa shape index (κ3) is 5.94. The van der Waals surface area contributed by atoms with Gasteiger partial charge in [0.2, 0.25) is 5.88 Å². The first-order chi connectivity index (χ1) is 16.4. The number of ether oxygens (including phenoxy) is 1. The molecule has 0 N–H and O–H groups in total. The highest BCUT2D eigenvalue weighted by Crippen LogP contribution is 2.33. The number of rotatable bonds is 11. The molecule has 3 aromatic rings. The molecular formula is C26H33FN4O3. The minimum absolute atomic E-state index is 0.113. The summed E-state index contributed by atoms with van der Waals surface area (Å²) in [5.74, 6) is 0.813. The summed E-state index contributed by atoms with van der Waals surface area (Å²) in [4.78, 5) is 19.5. The van der Waals surface area contributed by atoms with E-state index < -0.39 is 0 Å². The SMILES string of the molecule is CCN(CC)c1onc(-c2ccc(F)cc2)c1CN(CCN(C)C)C(=O)c1cccc(OC)c1. The van der Waals surface area contributed by atoms with Crippen molar-refractivity contribution < 1.29 is 18.4 Å². The van der Waals surface area contributed by atoms with E-state index in [0.717, 1.165) is 24.2 Å². The van der Waals surface area contributed by atoms with Gasteiger partial charge in [-0.25, -0.2) is 4.39 Å². The molecule has 3 rings (SSSR count). The van der Waals surface area contributed by atoms with Gasteiger partial charge in [0.05, 0.1) is 19.2 Å². The zero-order valence-corrected chi connectivity index (χ0v) is 20.5. The Kier molecular flexibility index (Phi) is 8.65. The standard InChI is InChI=1S/C26H33FN4O3/c1-6-30(7-2)26-23(24(28-34-26)19-11-13-21(27)14-12-19)18-31(16-15-29(3)4)25(32)20-9-8-10-22(17-20)33-5/h8-14,17H,6-7,15-16,18H2,1-5H3. The molecule has 1 amide bonds. The van der Waals surface area contributed by atoms with E-state index in [1.807, 2.05) is 38.9 Å². The number of halogens is 1. The van der Waals surface area contributed by atoms with Crippen LogP contribution in [0.2, 0.25) is 0 Å². The second kappa shape index (κ2) is 11.7. The lowest BCUT2D eigenvalue weighted by atomic mass is 10.1. The van der Waals surface area contributed by atoms with Crippen molar-refractivity contribution in [1.82, 2.24) is 15.0 Å². The number of carbonyl (C=O) groups is 1. The molecule has 182 valence electrons. The number of likely N-dealkylation sites (N-methyl/N-ethyl adjacent to an activating group) is 1.